The monoisotopic (exact) mass is 569 g/mol. The van der Waals surface area contributed by atoms with Crippen molar-refractivity contribution in [3.8, 4) is 5.75 Å². The zero-order valence-electron chi connectivity index (χ0n) is 15.8. The summed E-state index contributed by atoms with van der Waals surface area (Å²) in [6.45, 7) is 0. The van der Waals surface area contributed by atoms with Crippen molar-refractivity contribution < 1.29 is 45.6 Å². The Balaban J connectivity index is 1.46. The van der Waals surface area contributed by atoms with E-state index in [1.807, 2.05) is 0 Å². The Labute approximate surface area is 189 Å². The maximum absolute atomic E-state index is 13.7. The van der Waals surface area contributed by atoms with Crippen LogP contribution in [-0.4, -0.2) is 41.6 Å². The van der Waals surface area contributed by atoms with Gasteiger partial charge in [0.25, 0.3) is 5.79 Å². The second-order valence-electron chi connectivity index (χ2n) is 8.74. The lowest BCUT2D eigenvalue weighted by atomic mass is 9.51. The number of carbonyl (C=O) groups is 2. The van der Waals surface area contributed by atoms with E-state index < -0.39 is 50.5 Å². The lowest BCUT2D eigenvalue weighted by Gasteiger charge is -2.63. The predicted octanol–water partition coefficient (Wildman–Crippen LogP) is 2.80. The van der Waals surface area contributed by atoms with Crippen molar-refractivity contribution in [1.82, 2.24) is 0 Å². The summed E-state index contributed by atoms with van der Waals surface area (Å²) in [6.07, 6.45) is 1.57. The molecule has 4 bridgehead atoms. The number of halogens is 3. The maximum Gasteiger partial charge on any atom is 0.428 e. The number of alkyl halides is 2. The quantitative estimate of drug-likeness (QED) is 0.310. The van der Waals surface area contributed by atoms with Crippen molar-refractivity contribution in [3.63, 3.8) is 0 Å². The number of hydrogen-bond donors (Lipinski definition) is 0. The van der Waals surface area contributed by atoms with Crippen LogP contribution in [0.25, 0.3) is 0 Å². The van der Waals surface area contributed by atoms with Crippen molar-refractivity contribution in [2.24, 2.45) is 17.8 Å². The number of rotatable bonds is 3. The molecule has 1 heterocycles. The summed E-state index contributed by atoms with van der Waals surface area (Å²) in [4.78, 5) is 24.7. The molecule has 0 N–H and O–H groups in total. The summed E-state index contributed by atoms with van der Waals surface area (Å²) in [5, 5.41) is -5.17. The second kappa shape index (κ2) is 6.50. The van der Waals surface area contributed by atoms with Gasteiger partial charge in [0.1, 0.15) is 16.9 Å². The van der Waals surface area contributed by atoms with E-state index in [1.54, 1.807) is 18.2 Å². The molecule has 0 amide bonds. The minimum Gasteiger partial charge on any atom is -0.743 e. The lowest BCUT2D eigenvalue weighted by Crippen LogP contribution is -2.69. The Bertz CT molecular complexity index is 1090. The van der Waals surface area contributed by atoms with Crippen LogP contribution < -0.4 is 4.74 Å². The molecule has 1 aliphatic heterocycles. The van der Waals surface area contributed by atoms with Crippen LogP contribution in [0.15, 0.2) is 18.2 Å². The summed E-state index contributed by atoms with van der Waals surface area (Å²) in [7, 11) is -6.21. The van der Waals surface area contributed by atoms with Gasteiger partial charge in [-0.2, -0.15) is 8.78 Å². The van der Waals surface area contributed by atoms with Gasteiger partial charge in [-0.25, -0.2) is 18.0 Å². The highest BCUT2D eigenvalue weighted by molar-refractivity contribution is 14.1. The molecule has 8 nitrogen and oxygen atoms in total. The van der Waals surface area contributed by atoms with Crippen LogP contribution in [0.2, 0.25) is 0 Å². The molecule has 5 aliphatic rings. The molecule has 4 fully saturated rings. The van der Waals surface area contributed by atoms with E-state index in [0.717, 1.165) is 3.57 Å². The molecule has 31 heavy (non-hydrogen) atoms. The van der Waals surface area contributed by atoms with Gasteiger partial charge in [-0.3, -0.25) is 0 Å². The van der Waals surface area contributed by atoms with Crippen LogP contribution in [0, 0.1) is 21.3 Å². The van der Waals surface area contributed by atoms with Crippen LogP contribution in [0.3, 0.4) is 0 Å². The van der Waals surface area contributed by atoms with Gasteiger partial charge >= 0.3 is 17.2 Å². The van der Waals surface area contributed by atoms with Gasteiger partial charge in [0.15, 0.2) is 10.1 Å². The molecule has 0 saturated heterocycles. The first-order chi connectivity index (χ1) is 14.4. The Morgan fingerprint density at radius 3 is 2.45 bits per heavy atom. The Morgan fingerprint density at radius 2 is 1.84 bits per heavy atom. The highest BCUT2D eigenvalue weighted by atomic mass is 127. The molecule has 6 rings (SSSR count). The minimum atomic E-state index is -6.21. The highest BCUT2D eigenvalue weighted by Crippen LogP contribution is 2.63. The lowest BCUT2D eigenvalue weighted by molar-refractivity contribution is -0.309. The zero-order valence-corrected chi connectivity index (χ0v) is 18.8. The van der Waals surface area contributed by atoms with Crippen molar-refractivity contribution in [1.29, 1.82) is 0 Å². The van der Waals surface area contributed by atoms with Crippen molar-refractivity contribution >= 4 is 44.6 Å². The van der Waals surface area contributed by atoms with E-state index in [1.165, 1.54) is 0 Å². The number of ether oxygens (including phenoxy) is 3. The number of benzene rings is 1. The smallest absolute Gasteiger partial charge is 0.428 e. The maximum atomic E-state index is 13.7. The van der Waals surface area contributed by atoms with Crippen LogP contribution in [0.1, 0.15) is 42.5 Å². The van der Waals surface area contributed by atoms with Crippen LogP contribution in [0.4, 0.5) is 8.78 Å². The zero-order chi connectivity index (χ0) is 22.4. The number of hydrogen-bond acceptors (Lipinski definition) is 8. The molecular weight excluding hydrogens is 553 g/mol. The molecule has 0 aromatic heterocycles. The first-order valence-corrected chi connectivity index (χ1v) is 12.1. The van der Waals surface area contributed by atoms with Crippen molar-refractivity contribution in [2.45, 2.75) is 48.7 Å². The number of carbonyl (C=O) groups excluding carboxylic acids is 2. The van der Waals surface area contributed by atoms with Crippen molar-refractivity contribution in [2.75, 3.05) is 0 Å². The average Bonchev–Trinajstić information content (AvgIpc) is 2.64. The predicted molar refractivity (Wildman–Crippen MR) is 105 cm³/mol. The molecule has 1 spiro atoms. The highest BCUT2D eigenvalue weighted by Gasteiger charge is 2.69. The van der Waals surface area contributed by atoms with Crippen LogP contribution >= 0.6 is 22.6 Å². The van der Waals surface area contributed by atoms with E-state index in [4.69, 9.17) is 14.2 Å². The first kappa shape index (κ1) is 21.3. The van der Waals surface area contributed by atoms with E-state index >= 15 is 0 Å². The SMILES string of the molecule is O=C1OC2(Oc3cc(I)ccc31)C1CC3CC2CC(OC(=O)C(F)(F)S(=O)(=O)[O-])(C3)C1. The van der Waals surface area contributed by atoms with Gasteiger partial charge in [0.2, 0.25) is 0 Å². The first-order valence-electron chi connectivity index (χ1n) is 9.64. The van der Waals surface area contributed by atoms with E-state index in [9.17, 15) is 31.3 Å². The van der Waals surface area contributed by atoms with Gasteiger partial charge in [0.05, 0.1) is 0 Å². The Hall–Kier alpha value is -1.54. The molecular formula is C19H16F2IO8S-. The molecule has 0 radical (unpaired) electrons. The summed E-state index contributed by atoms with van der Waals surface area (Å²) in [5.41, 5.74) is -1.06. The molecule has 1 aromatic carbocycles. The third-order valence-electron chi connectivity index (χ3n) is 6.82. The minimum absolute atomic E-state index is 0.00742. The third-order valence-corrected chi connectivity index (χ3v) is 8.28. The topological polar surface area (TPSA) is 119 Å². The molecule has 4 saturated carbocycles. The van der Waals surface area contributed by atoms with Crippen molar-refractivity contribution in [3.05, 3.63) is 27.3 Å². The Kier molecular flexibility index (Phi) is 4.47. The standard InChI is InChI=1S/C19H17F2IO8S/c20-19(21,31(25,26)27)16(24)30-17-6-9-3-10(7-17)18(11(4-9)8-17)28-14-5-12(22)1-2-13(14)15(23)29-18/h1-2,5,9-11H,3-4,6-8H2,(H,25,26,27)/p-1. The normalized spacial score (nSPS) is 36.0. The van der Waals surface area contributed by atoms with Gasteiger partial charge in [-0.15, -0.1) is 0 Å². The molecule has 168 valence electrons. The molecule has 2 unspecified atom stereocenters. The molecule has 12 heteroatoms. The summed E-state index contributed by atoms with van der Waals surface area (Å²) in [6, 6.07) is 5.08. The molecule has 1 aromatic rings. The summed E-state index contributed by atoms with van der Waals surface area (Å²) >= 11 is 2.09. The van der Waals surface area contributed by atoms with Gasteiger partial charge in [0, 0.05) is 15.4 Å². The van der Waals surface area contributed by atoms with Crippen LogP contribution in [0.5, 0.6) is 5.75 Å². The molecule has 4 aliphatic carbocycles. The summed E-state index contributed by atoms with van der Waals surface area (Å²) in [5.74, 6) is -4.68. The van der Waals surface area contributed by atoms with Gasteiger partial charge < -0.3 is 18.8 Å². The fourth-order valence-electron chi connectivity index (χ4n) is 5.81. The van der Waals surface area contributed by atoms with E-state index in [-0.39, 0.29) is 25.2 Å². The molecule has 2 atom stereocenters. The van der Waals surface area contributed by atoms with E-state index in [2.05, 4.69) is 22.6 Å². The van der Waals surface area contributed by atoms with E-state index in [0.29, 0.717) is 24.2 Å². The number of fused-ring (bicyclic) bond motifs is 1. The number of esters is 2. The Morgan fingerprint density at radius 1 is 1.19 bits per heavy atom. The van der Waals surface area contributed by atoms with Gasteiger partial charge in [-0.1, -0.05) is 0 Å². The van der Waals surface area contributed by atoms with Crippen LogP contribution in [-0.2, 0) is 24.4 Å². The largest absolute Gasteiger partial charge is 0.743 e. The van der Waals surface area contributed by atoms with Gasteiger partial charge in [-0.05, 0) is 78.8 Å². The average molecular weight is 569 g/mol. The fourth-order valence-corrected chi connectivity index (χ4v) is 6.52. The third kappa shape index (κ3) is 3.08. The summed E-state index contributed by atoms with van der Waals surface area (Å²) < 4.78 is 77.8. The second-order valence-corrected chi connectivity index (χ2v) is 11.4. The fraction of sp³-hybridized carbons (Fsp3) is 0.579.